The summed E-state index contributed by atoms with van der Waals surface area (Å²) in [6.07, 6.45) is 8.12. The number of hydrogen-bond donors (Lipinski definition) is 6. The zero-order valence-corrected chi connectivity index (χ0v) is 57.8. The summed E-state index contributed by atoms with van der Waals surface area (Å²) in [4.78, 5) is 5.23. The Labute approximate surface area is 587 Å². The van der Waals surface area contributed by atoms with E-state index in [2.05, 4.69) is 104 Å². The van der Waals surface area contributed by atoms with Crippen LogP contribution in [0.3, 0.4) is 0 Å². The molecule has 8 aliphatic rings. The van der Waals surface area contributed by atoms with Gasteiger partial charge in [-0.1, -0.05) is 183 Å². The molecule has 490 valence electrons. The molecule has 14 heteroatoms. The number of phenols is 1. The molecule has 5 heterocycles. The summed E-state index contributed by atoms with van der Waals surface area (Å²) < 4.78 is 58.2. The Balaban J connectivity index is 0.00000833. The predicted molar refractivity (Wildman–Crippen MR) is 371 cm³/mol. The maximum Gasteiger partial charge on any atom is 1.00 e. The molecule has 16 rings (SSSR count). The molecular weight excluding hydrogens is 1230 g/mol. The number of hydrogen-bond acceptors (Lipinski definition) is 10. The van der Waals surface area contributed by atoms with Crippen LogP contribution >= 0.6 is 0 Å². The second-order valence-corrected chi connectivity index (χ2v) is 30.1. The summed E-state index contributed by atoms with van der Waals surface area (Å²) >= 11 is 0. The Bertz CT molecular complexity index is 4360. The third-order valence-electron chi connectivity index (χ3n) is 22.4. The van der Waals surface area contributed by atoms with E-state index >= 15 is 0 Å². The van der Waals surface area contributed by atoms with Crippen LogP contribution in [0, 0.1) is 41.4 Å². The molecule has 10 bridgehead atoms. The number of ether oxygens (including phenoxy) is 2. The van der Waals surface area contributed by atoms with Crippen LogP contribution in [0.25, 0.3) is 10.8 Å². The van der Waals surface area contributed by atoms with Crippen LogP contribution in [-0.2, 0) is 46.3 Å². The fourth-order valence-corrected chi connectivity index (χ4v) is 18.9. The summed E-state index contributed by atoms with van der Waals surface area (Å²) in [5.74, 6) is 4.51. The Morgan fingerprint density at radius 3 is 2.30 bits per heavy atom. The third kappa shape index (κ3) is 14.2. The van der Waals surface area contributed by atoms with Crippen molar-refractivity contribution in [2.24, 2.45) is 46.0 Å². The van der Waals surface area contributed by atoms with Gasteiger partial charge in [0.25, 0.3) is 0 Å². The number of benzene rings is 8. The van der Waals surface area contributed by atoms with Crippen molar-refractivity contribution in [1.82, 2.24) is 0 Å². The Morgan fingerprint density at radius 1 is 0.792 bits per heavy atom. The first-order valence-electron chi connectivity index (χ1n) is 34.3. The number of nitrogens with zero attached hydrogens (tertiary/aromatic N) is 1. The number of rotatable bonds is 14. The first-order chi connectivity index (χ1) is 46.0. The third-order valence-corrected chi connectivity index (χ3v) is 23.7. The number of aliphatic imine (C=N–C) groups is 1. The van der Waals surface area contributed by atoms with Gasteiger partial charge < -0.3 is 45.9 Å². The second-order valence-electron chi connectivity index (χ2n) is 28.5. The van der Waals surface area contributed by atoms with Crippen molar-refractivity contribution in [1.29, 1.82) is 0 Å². The largest absolute Gasteiger partial charge is 1.00 e. The SMILES string of the molecule is CC1CCc2cc3ccc2C1CC(S(=O)(=O)[O-])C1C=C2CC(CC4CC(CO)CC#Cc5cc(O)ccc5C2O4)C1c1ccc(cc1)C(CC(Cc1ccccc1)C1(O)CCCC(c2ccc(C(O)Cc4cccc5ccccc45)c(Cc4ccccc4)c2)C1)(N=C(N)N)O3.[Na+]. The van der Waals surface area contributed by atoms with Crippen LogP contribution in [-0.4, -0.2) is 62.9 Å². The van der Waals surface area contributed by atoms with Crippen LogP contribution in [0.15, 0.2) is 199 Å². The van der Waals surface area contributed by atoms with Crippen LogP contribution < -0.4 is 45.8 Å². The quantitative estimate of drug-likeness (QED) is 0.0150. The van der Waals surface area contributed by atoms with Gasteiger partial charge in [-0.15, -0.1) is 0 Å². The molecule has 96 heavy (non-hydrogen) atoms. The minimum atomic E-state index is -4.98. The van der Waals surface area contributed by atoms with Crippen molar-refractivity contribution in [3.63, 3.8) is 0 Å². The molecule has 14 atom stereocenters. The molecule has 1 saturated heterocycles. The molecule has 8 aromatic carbocycles. The van der Waals surface area contributed by atoms with E-state index in [0.29, 0.717) is 81.1 Å². The maximum atomic E-state index is 14.5. The van der Waals surface area contributed by atoms with Gasteiger partial charge in [-0.05, 0) is 215 Å². The molecular formula is C82H86N3NaO9S. The van der Waals surface area contributed by atoms with Crippen molar-refractivity contribution < 1.29 is 72.4 Å². The Hall–Kier alpha value is -7.06. The summed E-state index contributed by atoms with van der Waals surface area (Å²) in [5.41, 5.74) is 22.5. The van der Waals surface area contributed by atoms with E-state index in [0.717, 1.165) is 91.2 Å². The first kappa shape index (κ1) is 67.5. The number of nitrogens with two attached hydrogens (primary N) is 2. The summed E-state index contributed by atoms with van der Waals surface area (Å²) in [6, 6.07) is 61.0. The minimum absolute atomic E-state index is 0. The van der Waals surface area contributed by atoms with Crippen molar-refractivity contribution in [2.75, 3.05) is 6.61 Å². The molecule has 0 radical (unpaired) electrons. The van der Waals surface area contributed by atoms with E-state index in [9.17, 15) is 33.4 Å². The molecule has 0 spiro atoms. The van der Waals surface area contributed by atoms with Gasteiger partial charge in [0.1, 0.15) is 17.6 Å². The van der Waals surface area contributed by atoms with Gasteiger partial charge in [-0.2, -0.15) is 0 Å². The number of fused-ring (bicyclic) bond motifs is 10. The minimum Gasteiger partial charge on any atom is -0.748 e. The fraction of sp³-hybridized carbons (Fsp3) is 0.378. The van der Waals surface area contributed by atoms with E-state index in [1.54, 1.807) is 12.1 Å². The monoisotopic (exact) mass is 1310 g/mol. The van der Waals surface area contributed by atoms with Gasteiger partial charge in [-0.3, -0.25) is 0 Å². The molecule has 3 aliphatic carbocycles. The van der Waals surface area contributed by atoms with Crippen molar-refractivity contribution in [2.45, 2.75) is 156 Å². The van der Waals surface area contributed by atoms with E-state index in [1.165, 1.54) is 0 Å². The van der Waals surface area contributed by atoms with Crippen LogP contribution in [0.1, 0.15) is 174 Å². The van der Waals surface area contributed by atoms with E-state index < -0.39 is 56.7 Å². The van der Waals surface area contributed by atoms with Crippen LogP contribution in [0.4, 0.5) is 0 Å². The Kier molecular flexibility index (Phi) is 20.0. The molecule has 12 nitrogen and oxygen atoms in total. The van der Waals surface area contributed by atoms with Crippen molar-refractivity contribution in [3.8, 4) is 23.3 Å². The maximum absolute atomic E-state index is 14.5. The van der Waals surface area contributed by atoms with Crippen molar-refractivity contribution in [3.05, 3.63) is 260 Å². The van der Waals surface area contributed by atoms with E-state index in [-0.39, 0.29) is 96.4 Å². The van der Waals surface area contributed by atoms with Gasteiger partial charge in [-0.25, -0.2) is 13.4 Å². The van der Waals surface area contributed by atoms with Gasteiger partial charge in [0.15, 0.2) is 5.96 Å². The number of allylic oxidation sites excluding steroid dienone is 1. The molecule has 8 aromatic rings. The number of aryl methyl sites for hydroxylation is 1. The Morgan fingerprint density at radius 2 is 1.53 bits per heavy atom. The molecule has 0 aromatic heterocycles. The van der Waals surface area contributed by atoms with Gasteiger partial charge in [0, 0.05) is 42.6 Å². The molecule has 1 saturated carbocycles. The normalized spacial score (nSPS) is 27.4. The summed E-state index contributed by atoms with van der Waals surface area (Å²) in [7, 11) is -4.98. The smallest absolute Gasteiger partial charge is 0.748 e. The number of aliphatic hydroxyl groups is 3. The molecule has 8 N–H and O–H groups in total. The van der Waals surface area contributed by atoms with E-state index in [1.807, 2.05) is 91.0 Å². The number of guanidine groups is 1. The zero-order valence-electron chi connectivity index (χ0n) is 55.0. The van der Waals surface area contributed by atoms with E-state index in [4.69, 9.17) is 25.9 Å². The summed E-state index contributed by atoms with van der Waals surface area (Å²) in [5, 5.41) is 48.8. The number of aliphatic hydroxyl groups excluding tert-OH is 2. The number of aromatic hydroxyl groups is 1. The fourth-order valence-electron chi connectivity index (χ4n) is 17.8. The topological polar surface area (TPSA) is 221 Å². The van der Waals surface area contributed by atoms with Gasteiger partial charge in [0.2, 0.25) is 5.72 Å². The standard InChI is InChI=1S/C82H87N3O9S.Na/c1-51-24-25-60-43-68-32-35-71(60)74(51)47-77(95(90,91)92)75-45-64-41-63(44-69-39-54(50-86)17-10-20-58-42-67(87)31-34-73(58)79(64)93-69)78(75)56-26-29-65(30-27-56)82(94-68,85-80(83)84)49-66(38-53-15-6-3-7-16-53)81(89)36-12-22-61(48-81)57-28-33-72(62(40-57)37-52-13-4-2-5-14-52)76(88)46-59-21-11-19-55-18-8-9-23-70(55)59;/h2-9,11,13-16,18-19,21,23,26-35,40,42-43,45,51,54,61,63,66,69,74-79,86-89H,12,17,22,24-25,36-39,41,44,46-50H2,1H3,(H4,83,84,85)(H,90,91,92);/q;+1/p-1. The van der Waals surface area contributed by atoms with Crippen molar-refractivity contribution >= 4 is 26.9 Å². The molecule has 5 aliphatic heterocycles. The number of phenolic OH excluding ortho intramolecular Hbond substituents is 1. The summed E-state index contributed by atoms with van der Waals surface area (Å²) in [6.45, 7) is 2.06. The van der Waals surface area contributed by atoms with Crippen LogP contribution in [0.5, 0.6) is 11.5 Å². The molecule has 2 fully saturated rings. The molecule has 14 unspecified atom stereocenters. The zero-order chi connectivity index (χ0) is 65.6. The average molecular weight is 1310 g/mol. The predicted octanol–water partition coefficient (Wildman–Crippen LogP) is 11.2. The second kappa shape index (κ2) is 28.4. The molecule has 0 amide bonds. The van der Waals surface area contributed by atoms with Gasteiger partial charge >= 0.3 is 29.6 Å². The van der Waals surface area contributed by atoms with Crippen LogP contribution in [0.2, 0.25) is 0 Å². The van der Waals surface area contributed by atoms with Gasteiger partial charge in [0.05, 0.1) is 33.2 Å². The average Bonchev–Trinajstić information content (AvgIpc) is 1.45. The first-order valence-corrected chi connectivity index (χ1v) is 35.8.